The molecule has 0 amide bonds. The van der Waals surface area contributed by atoms with Crippen LogP contribution in [0.15, 0.2) is 33.5 Å². The minimum atomic E-state index is -0.565. The molecule has 2 rings (SSSR count). The number of hydrogen-bond acceptors (Lipinski definition) is 2. The molecular weight excluding hydrogens is 166 g/mol. The van der Waals surface area contributed by atoms with E-state index in [9.17, 15) is 8.78 Å². The van der Waals surface area contributed by atoms with E-state index in [0.717, 1.165) is 18.4 Å². The highest BCUT2D eigenvalue weighted by Crippen LogP contribution is 2.24. The van der Waals surface area contributed by atoms with Gasteiger partial charge in [-0.3, -0.25) is 0 Å². The smallest absolute Gasteiger partial charge is 0.204 e. The van der Waals surface area contributed by atoms with Crippen LogP contribution in [0.25, 0.3) is 11.5 Å². The van der Waals surface area contributed by atoms with Gasteiger partial charge in [-0.2, -0.15) is 0 Å². The molecule has 2 heterocycles. The van der Waals surface area contributed by atoms with Crippen molar-refractivity contribution in [2.45, 2.75) is 0 Å². The van der Waals surface area contributed by atoms with Crippen molar-refractivity contribution in [3.8, 4) is 11.5 Å². The summed E-state index contributed by atoms with van der Waals surface area (Å²) in [4.78, 5) is 0. The maximum atomic E-state index is 12.8. The summed E-state index contributed by atoms with van der Waals surface area (Å²) in [7, 11) is 0. The van der Waals surface area contributed by atoms with Crippen LogP contribution in [0.1, 0.15) is 0 Å². The van der Waals surface area contributed by atoms with Crippen molar-refractivity contribution >= 4 is 0 Å². The van der Waals surface area contributed by atoms with Crippen LogP contribution in [0.3, 0.4) is 0 Å². The Bertz CT molecular complexity index is 389. The van der Waals surface area contributed by atoms with Gasteiger partial charge in [-0.05, 0) is 0 Å². The number of hydrogen-bond donors (Lipinski definition) is 0. The maximum Gasteiger partial charge on any atom is 0.204 e. The highest BCUT2D eigenvalue weighted by Gasteiger charge is 2.12. The van der Waals surface area contributed by atoms with E-state index in [0.29, 0.717) is 0 Å². The minimum Gasteiger partial charge on any atom is -0.458 e. The molecule has 0 fully saturated rings. The lowest BCUT2D eigenvalue weighted by Crippen LogP contribution is -1.71. The van der Waals surface area contributed by atoms with Crippen molar-refractivity contribution in [1.82, 2.24) is 0 Å². The lowest BCUT2D eigenvalue weighted by atomic mass is 10.3. The molecule has 0 aliphatic rings. The zero-order chi connectivity index (χ0) is 8.55. The number of halogens is 2. The molecule has 0 bridgehead atoms. The molecule has 0 aromatic carbocycles. The number of rotatable bonds is 1. The van der Waals surface area contributed by atoms with Gasteiger partial charge in [0.25, 0.3) is 0 Å². The van der Waals surface area contributed by atoms with Gasteiger partial charge in [-0.1, -0.05) is 0 Å². The van der Waals surface area contributed by atoms with Crippen molar-refractivity contribution < 1.29 is 17.6 Å². The maximum absolute atomic E-state index is 12.8. The summed E-state index contributed by atoms with van der Waals surface area (Å²) in [6.45, 7) is 0. The molecule has 0 aliphatic carbocycles. The molecule has 0 saturated heterocycles. The standard InChI is InChI=1S/C8H4F2O2/c9-5-3-7(12-4-5)8-6(10)1-2-11-8/h1-4H. The van der Waals surface area contributed by atoms with E-state index in [-0.39, 0.29) is 11.5 Å². The summed E-state index contributed by atoms with van der Waals surface area (Å²) in [5.41, 5.74) is 0. The Hall–Kier alpha value is -1.58. The fourth-order valence-electron chi connectivity index (χ4n) is 0.902. The Labute approximate surface area is 66.4 Å². The van der Waals surface area contributed by atoms with Gasteiger partial charge in [0, 0.05) is 12.1 Å². The Kier molecular flexibility index (Phi) is 1.46. The van der Waals surface area contributed by atoms with Gasteiger partial charge < -0.3 is 8.83 Å². The molecule has 2 aromatic rings. The molecule has 0 saturated carbocycles. The van der Waals surface area contributed by atoms with Gasteiger partial charge in [-0.25, -0.2) is 8.78 Å². The lowest BCUT2D eigenvalue weighted by Gasteiger charge is -1.87. The average Bonchev–Trinajstić information content (AvgIpc) is 2.58. The fraction of sp³-hybridized carbons (Fsp3) is 0. The van der Waals surface area contributed by atoms with Crippen LogP contribution in [0.5, 0.6) is 0 Å². The molecule has 2 aromatic heterocycles. The van der Waals surface area contributed by atoms with E-state index < -0.39 is 11.6 Å². The third kappa shape index (κ3) is 1.01. The second kappa shape index (κ2) is 2.48. The van der Waals surface area contributed by atoms with Gasteiger partial charge >= 0.3 is 0 Å². The van der Waals surface area contributed by atoms with Crippen molar-refractivity contribution in [3.63, 3.8) is 0 Å². The van der Waals surface area contributed by atoms with E-state index >= 15 is 0 Å². The summed E-state index contributed by atoms with van der Waals surface area (Å²) in [6.07, 6.45) is 2.06. The van der Waals surface area contributed by atoms with Gasteiger partial charge in [0.1, 0.15) is 6.26 Å². The number of furan rings is 2. The van der Waals surface area contributed by atoms with Crippen molar-refractivity contribution in [3.05, 3.63) is 36.3 Å². The van der Waals surface area contributed by atoms with E-state index in [1.165, 1.54) is 6.26 Å². The molecule has 4 heteroatoms. The predicted molar refractivity (Wildman–Crippen MR) is 36.3 cm³/mol. The average molecular weight is 170 g/mol. The Morgan fingerprint density at radius 1 is 1.17 bits per heavy atom. The normalized spacial score (nSPS) is 10.5. The van der Waals surface area contributed by atoms with Crippen LogP contribution in [-0.4, -0.2) is 0 Å². The van der Waals surface area contributed by atoms with Crippen LogP contribution in [0.2, 0.25) is 0 Å². The van der Waals surface area contributed by atoms with E-state index in [2.05, 4.69) is 4.42 Å². The molecular formula is C8H4F2O2. The summed E-state index contributed by atoms with van der Waals surface area (Å²) < 4.78 is 34.6. The van der Waals surface area contributed by atoms with E-state index in [1.807, 2.05) is 0 Å². The molecule has 0 spiro atoms. The molecule has 0 atom stereocenters. The summed E-state index contributed by atoms with van der Waals surface area (Å²) in [5.74, 6) is -1.15. The summed E-state index contributed by atoms with van der Waals surface area (Å²) >= 11 is 0. The van der Waals surface area contributed by atoms with Gasteiger partial charge in [0.2, 0.25) is 5.76 Å². The third-order valence-corrected chi connectivity index (χ3v) is 1.41. The van der Waals surface area contributed by atoms with Gasteiger partial charge in [0.15, 0.2) is 17.4 Å². The molecule has 2 nitrogen and oxygen atoms in total. The van der Waals surface area contributed by atoms with E-state index in [1.54, 1.807) is 0 Å². The van der Waals surface area contributed by atoms with E-state index in [4.69, 9.17) is 4.42 Å². The van der Waals surface area contributed by atoms with Crippen LogP contribution >= 0.6 is 0 Å². The largest absolute Gasteiger partial charge is 0.458 e. The summed E-state index contributed by atoms with van der Waals surface area (Å²) in [6, 6.07) is 2.19. The molecule has 0 N–H and O–H groups in total. The Morgan fingerprint density at radius 2 is 2.00 bits per heavy atom. The SMILES string of the molecule is Fc1coc(-c2occc2F)c1. The highest BCUT2D eigenvalue weighted by atomic mass is 19.1. The first-order valence-corrected chi connectivity index (χ1v) is 3.25. The molecule has 62 valence electrons. The monoisotopic (exact) mass is 170 g/mol. The predicted octanol–water partition coefficient (Wildman–Crippen LogP) is 2.82. The Morgan fingerprint density at radius 3 is 2.50 bits per heavy atom. The third-order valence-electron chi connectivity index (χ3n) is 1.41. The molecule has 0 radical (unpaired) electrons. The molecule has 0 aliphatic heterocycles. The molecule has 0 unspecified atom stereocenters. The second-order valence-corrected chi connectivity index (χ2v) is 2.23. The van der Waals surface area contributed by atoms with Crippen LogP contribution in [-0.2, 0) is 0 Å². The first-order chi connectivity index (χ1) is 5.77. The van der Waals surface area contributed by atoms with Crippen LogP contribution in [0, 0.1) is 11.6 Å². The summed E-state index contributed by atoms with van der Waals surface area (Å²) in [5, 5.41) is 0. The lowest BCUT2D eigenvalue weighted by molar-refractivity contribution is 0.496. The van der Waals surface area contributed by atoms with Crippen molar-refractivity contribution in [2.24, 2.45) is 0 Å². The topological polar surface area (TPSA) is 26.3 Å². The van der Waals surface area contributed by atoms with Gasteiger partial charge in [0.05, 0.1) is 6.26 Å². The van der Waals surface area contributed by atoms with Crippen LogP contribution < -0.4 is 0 Å². The second-order valence-electron chi connectivity index (χ2n) is 2.23. The van der Waals surface area contributed by atoms with Crippen molar-refractivity contribution in [2.75, 3.05) is 0 Å². The zero-order valence-electron chi connectivity index (χ0n) is 5.88. The zero-order valence-corrected chi connectivity index (χ0v) is 5.88. The fourth-order valence-corrected chi connectivity index (χ4v) is 0.902. The highest BCUT2D eigenvalue weighted by molar-refractivity contribution is 5.50. The van der Waals surface area contributed by atoms with Crippen LogP contribution in [0.4, 0.5) is 8.78 Å². The van der Waals surface area contributed by atoms with Gasteiger partial charge in [-0.15, -0.1) is 0 Å². The first-order valence-electron chi connectivity index (χ1n) is 3.25. The Balaban J connectivity index is 2.50. The quantitative estimate of drug-likeness (QED) is 0.657. The minimum absolute atomic E-state index is 0.0509. The first kappa shape index (κ1) is 7.09. The molecule has 12 heavy (non-hydrogen) atoms. The van der Waals surface area contributed by atoms with Crippen molar-refractivity contribution in [1.29, 1.82) is 0 Å².